The molecule has 1 fully saturated rings. The highest BCUT2D eigenvalue weighted by Gasteiger charge is 2.39. The van der Waals surface area contributed by atoms with Gasteiger partial charge in [0.1, 0.15) is 5.92 Å². The van der Waals surface area contributed by atoms with Crippen LogP contribution in [0.25, 0.3) is 0 Å². The average molecular weight is 304 g/mol. The van der Waals surface area contributed by atoms with Crippen molar-refractivity contribution in [3.63, 3.8) is 0 Å². The summed E-state index contributed by atoms with van der Waals surface area (Å²) in [6, 6.07) is 5.98. The first-order chi connectivity index (χ1) is 10.2. The van der Waals surface area contributed by atoms with Crippen molar-refractivity contribution in [3.05, 3.63) is 29.3 Å². The van der Waals surface area contributed by atoms with Crippen LogP contribution in [0.4, 0.5) is 5.69 Å². The van der Waals surface area contributed by atoms with E-state index in [9.17, 15) is 14.7 Å². The first-order valence-corrected chi connectivity index (χ1v) is 7.56. The molecule has 2 N–H and O–H groups in total. The van der Waals surface area contributed by atoms with Gasteiger partial charge in [0.25, 0.3) is 0 Å². The summed E-state index contributed by atoms with van der Waals surface area (Å²) < 4.78 is 0. The van der Waals surface area contributed by atoms with Gasteiger partial charge >= 0.3 is 0 Å². The Morgan fingerprint density at radius 2 is 1.91 bits per heavy atom. The Labute approximate surface area is 131 Å². The monoisotopic (exact) mass is 304 g/mol. The van der Waals surface area contributed by atoms with Crippen LogP contribution in [0.3, 0.4) is 0 Å². The van der Waals surface area contributed by atoms with Crippen LogP contribution in [-0.4, -0.2) is 35.6 Å². The molecule has 1 unspecified atom stereocenters. The lowest BCUT2D eigenvalue weighted by atomic mass is 10.0. The molecule has 5 heteroatoms. The number of nitrogens with one attached hydrogen (secondary N) is 1. The highest BCUT2D eigenvalue weighted by atomic mass is 16.3. The molecule has 0 saturated carbocycles. The topological polar surface area (TPSA) is 69.6 Å². The molecule has 0 spiro atoms. The van der Waals surface area contributed by atoms with Crippen molar-refractivity contribution in [2.75, 3.05) is 18.1 Å². The van der Waals surface area contributed by atoms with Gasteiger partial charge in [-0.3, -0.25) is 9.59 Å². The summed E-state index contributed by atoms with van der Waals surface area (Å²) >= 11 is 0. The fourth-order valence-electron chi connectivity index (χ4n) is 2.75. The van der Waals surface area contributed by atoms with Crippen molar-refractivity contribution >= 4 is 17.5 Å². The number of aliphatic hydroxyl groups excluding tert-OH is 1. The molecule has 1 aromatic rings. The van der Waals surface area contributed by atoms with Crippen molar-refractivity contribution in [2.24, 2.45) is 5.92 Å². The number of hydrogen-bond donors (Lipinski definition) is 2. The minimum atomic E-state index is -0.718. The average Bonchev–Trinajstić information content (AvgIpc) is 2.79. The van der Waals surface area contributed by atoms with E-state index in [1.807, 2.05) is 26.0 Å². The minimum Gasteiger partial charge on any atom is -0.394 e. The zero-order valence-electron chi connectivity index (χ0n) is 13.6. The molecule has 0 aliphatic carbocycles. The first-order valence-electron chi connectivity index (χ1n) is 7.56. The molecule has 1 atom stereocenters. The molecule has 0 bridgehead atoms. The summed E-state index contributed by atoms with van der Waals surface area (Å²) in [6.45, 7) is 7.81. The molecule has 1 heterocycles. The second kappa shape index (κ2) is 6.08. The van der Waals surface area contributed by atoms with Crippen molar-refractivity contribution in [2.45, 2.75) is 39.7 Å². The zero-order chi connectivity index (χ0) is 16.5. The van der Waals surface area contributed by atoms with Gasteiger partial charge < -0.3 is 15.3 Å². The van der Waals surface area contributed by atoms with Gasteiger partial charge in [0.15, 0.2) is 0 Å². The number of aryl methyl sites for hydroxylation is 2. The second-order valence-corrected chi connectivity index (χ2v) is 6.71. The van der Waals surface area contributed by atoms with Gasteiger partial charge in [0.2, 0.25) is 11.8 Å². The maximum Gasteiger partial charge on any atom is 0.239 e. The van der Waals surface area contributed by atoms with Gasteiger partial charge in [0, 0.05) is 12.2 Å². The van der Waals surface area contributed by atoms with Crippen molar-refractivity contribution in [3.8, 4) is 0 Å². The van der Waals surface area contributed by atoms with Crippen LogP contribution < -0.4 is 10.2 Å². The van der Waals surface area contributed by atoms with Gasteiger partial charge in [-0.15, -0.1) is 0 Å². The van der Waals surface area contributed by atoms with Gasteiger partial charge in [0.05, 0.1) is 12.1 Å². The molecule has 1 aliphatic heterocycles. The number of hydrogen-bond acceptors (Lipinski definition) is 3. The predicted octanol–water partition coefficient (Wildman–Crippen LogP) is 1.54. The number of rotatable bonds is 4. The highest BCUT2D eigenvalue weighted by Crippen LogP contribution is 2.27. The standard InChI is InChI=1S/C17H24N2O3/c1-11-7-12(2)9-13(8-11)19-6-5-14(16(19)22)15(21)18-17(3,4)10-20/h7-9,14,20H,5-6,10H2,1-4H3,(H,18,21). The summed E-state index contributed by atoms with van der Waals surface area (Å²) in [5.41, 5.74) is 2.32. The molecule has 2 amide bonds. The van der Waals surface area contributed by atoms with E-state index in [0.29, 0.717) is 13.0 Å². The van der Waals surface area contributed by atoms with E-state index in [4.69, 9.17) is 0 Å². The SMILES string of the molecule is Cc1cc(C)cc(N2CCC(C(=O)NC(C)(C)CO)C2=O)c1. The summed E-state index contributed by atoms with van der Waals surface area (Å²) in [6.07, 6.45) is 0.499. The Hall–Kier alpha value is -1.88. The lowest BCUT2D eigenvalue weighted by molar-refractivity contribution is -0.133. The Balaban J connectivity index is 2.14. The van der Waals surface area contributed by atoms with Gasteiger partial charge in [-0.05, 0) is 57.4 Å². The van der Waals surface area contributed by atoms with Crippen LogP contribution in [0.5, 0.6) is 0 Å². The number of nitrogens with zero attached hydrogens (tertiary/aromatic N) is 1. The molecule has 22 heavy (non-hydrogen) atoms. The maximum atomic E-state index is 12.5. The third-order valence-electron chi connectivity index (χ3n) is 3.90. The van der Waals surface area contributed by atoms with E-state index in [-0.39, 0.29) is 18.4 Å². The predicted molar refractivity (Wildman–Crippen MR) is 85.7 cm³/mol. The van der Waals surface area contributed by atoms with Gasteiger partial charge in [-0.1, -0.05) is 6.07 Å². The molecule has 1 aliphatic rings. The van der Waals surface area contributed by atoms with Gasteiger partial charge in [-0.2, -0.15) is 0 Å². The number of aliphatic hydroxyl groups is 1. The van der Waals surface area contributed by atoms with Crippen LogP contribution in [0.1, 0.15) is 31.4 Å². The quantitative estimate of drug-likeness (QED) is 0.829. The number of anilines is 1. The molecule has 1 saturated heterocycles. The van der Waals surface area contributed by atoms with Crippen molar-refractivity contribution < 1.29 is 14.7 Å². The van der Waals surface area contributed by atoms with Crippen LogP contribution in [0.15, 0.2) is 18.2 Å². The summed E-state index contributed by atoms with van der Waals surface area (Å²) in [5, 5.41) is 12.0. The summed E-state index contributed by atoms with van der Waals surface area (Å²) in [7, 11) is 0. The van der Waals surface area contributed by atoms with E-state index >= 15 is 0 Å². The number of amides is 2. The Morgan fingerprint density at radius 3 is 2.45 bits per heavy atom. The second-order valence-electron chi connectivity index (χ2n) is 6.71. The fourth-order valence-corrected chi connectivity index (χ4v) is 2.75. The molecule has 5 nitrogen and oxygen atoms in total. The Bertz CT molecular complexity index is 575. The molecule has 2 rings (SSSR count). The van der Waals surface area contributed by atoms with E-state index < -0.39 is 11.5 Å². The smallest absolute Gasteiger partial charge is 0.239 e. The Morgan fingerprint density at radius 1 is 1.32 bits per heavy atom. The lowest BCUT2D eigenvalue weighted by Gasteiger charge is -2.25. The van der Waals surface area contributed by atoms with Crippen molar-refractivity contribution in [1.82, 2.24) is 5.32 Å². The zero-order valence-corrected chi connectivity index (χ0v) is 13.6. The maximum absolute atomic E-state index is 12.5. The Kier molecular flexibility index (Phi) is 4.56. The molecule has 0 aromatic heterocycles. The lowest BCUT2D eigenvalue weighted by Crippen LogP contribution is -2.49. The summed E-state index contributed by atoms with van der Waals surface area (Å²) in [4.78, 5) is 26.5. The molecule has 120 valence electrons. The van der Waals surface area contributed by atoms with E-state index in [2.05, 4.69) is 11.4 Å². The van der Waals surface area contributed by atoms with Crippen LogP contribution in [-0.2, 0) is 9.59 Å². The summed E-state index contributed by atoms with van der Waals surface area (Å²) in [5.74, 6) is -1.15. The minimum absolute atomic E-state index is 0.166. The molecule has 1 aromatic carbocycles. The number of carbonyl (C=O) groups is 2. The van der Waals surface area contributed by atoms with Crippen LogP contribution in [0, 0.1) is 19.8 Å². The van der Waals surface area contributed by atoms with E-state index in [0.717, 1.165) is 16.8 Å². The largest absolute Gasteiger partial charge is 0.394 e. The molecule has 0 radical (unpaired) electrons. The highest BCUT2D eigenvalue weighted by molar-refractivity contribution is 6.09. The third kappa shape index (κ3) is 3.47. The van der Waals surface area contributed by atoms with Gasteiger partial charge in [-0.25, -0.2) is 0 Å². The normalized spacial score (nSPS) is 18.7. The van der Waals surface area contributed by atoms with Crippen LogP contribution in [0.2, 0.25) is 0 Å². The van der Waals surface area contributed by atoms with Crippen molar-refractivity contribution in [1.29, 1.82) is 0 Å². The molecular weight excluding hydrogens is 280 g/mol. The number of carbonyl (C=O) groups excluding carboxylic acids is 2. The number of benzene rings is 1. The van der Waals surface area contributed by atoms with E-state index in [1.165, 1.54) is 0 Å². The van der Waals surface area contributed by atoms with E-state index in [1.54, 1.807) is 18.7 Å². The van der Waals surface area contributed by atoms with Crippen LogP contribution >= 0.6 is 0 Å². The fraction of sp³-hybridized carbons (Fsp3) is 0.529. The third-order valence-corrected chi connectivity index (χ3v) is 3.90. The molecular formula is C17H24N2O3. The first kappa shape index (κ1) is 16.5.